The summed E-state index contributed by atoms with van der Waals surface area (Å²) in [4.78, 5) is 41.9. The van der Waals surface area contributed by atoms with Gasteiger partial charge >= 0.3 is 5.69 Å². The average Bonchev–Trinajstić information content (AvgIpc) is 2.88. The zero-order valence-electron chi connectivity index (χ0n) is 21.7. The van der Waals surface area contributed by atoms with Crippen LogP contribution >= 0.6 is 0 Å². The molecule has 0 radical (unpaired) electrons. The topological polar surface area (TPSA) is 76.3 Å². The Hall–Kier alpha value is -3.61. The summed E-state index contributed by atoms with van der Waals surface area (Å²) < 4.78 is 3.00. The first-order chi connectivity index (χ1) is 17.3. The Balaban J connectivity index is 1.59. The highest BCUT2D eigenvalue weighted by Crippen LogP contribution is 2.25. The molecule has 0 unspecified atom stereocenters. The van der Waals surface area contributed by atoms with Gasteiger partial charge in [0, 0.05) is 31.2 Å². The molecule has 1 aromatic heterocycles. The quantitative estimate of drug-likeness (QED) is 0.536. The van der Waals surface area contributed by atoms with Gasteiger partial charge < -0.3 is 10.2 Å². The van der Waals surface area contributed by atoms with Crippen molar-refractivity contribution < 1.29 is 4.79 Å². The number of nitrogens with one attached hydrogen (secondary N) is 1. The lowest BCUT2D eigenvalue weighted by atomic mass is 9.95. The van der Waals surface area contributed by atoms with E-state index in [9.17, 15) is 14.4 Å². The fourth-order valence-corrected chi connectivity index (χ4v) is 4.94. The third kappa shape index (κ3) is 5.30. The van der Waals surface area contributed by atoms with Gasteiger partial charge in [0.15, 0.2) is 0 Å². The molecule has 0 saturated carbocycles. The standard InChI is InChI=1S/C29H36N4O3/c1-5-22-11-13-24(14-12-22)30-27(34)23-15-17-31(18-16-23)26-21(4)33(25-9-7-6-8-10-25)29(36)32(28(26)35)19-20(2)3/h6-14,20,23H,5,15-19H2,1-4H3,(H,30,34). The molecule has 7 nitrogen and oxygen atoms in total. The zero-order valence-corrected chi connectivity index (χ0v) is 21.7. The van der Waals surface area contributed by atoms with Crippen LogP contribution in [0, 0.1) is 18.8 Å². The molecule has 2 heterocycles. The Morgan fingerprint density at radius 1 is 1.00 bits per heavy atom. The van der Waals surface area contributed by atoms with E-state index < -0.39 is 0 Å². The van der Waals surface area contributed by atoms with Crippen LogP contribution in [0.15, 0.2) is 64.2 Å². The predicted molar refractivity (Wildman–Crippen MR) is 145 cm³/mol. The molecule has 1 N–H and O–H groups in total. The smallest absolute Gasteiger partial charge is 0.335 e. The third-order valence-electron chi connectivity index (χ3n) is 6.92. The van der Waals surface area contributed by atoms with Gasteiger partial charge in [-0.15, -0.1) is 0 Å². The molecule has 1 aliphatic rings. The molecule has 0 spiro atoms. The minimum Gasteiger partial charge on any atom is -0.366 e. The number of carbonyl (C=O) groups excluding carboxylic acids is 1. The molecular formula is C29H36N4O3. The van der Waals surface area contributed by atoms with E-state index in [1.54, 1.807) is 4.57 Å². The Kier molecular flexibility index (Phi) is 7.77. The molecule has 1 fully saturated rings. The van der Waals surface area contributed by atoms with Gasteiger partial charge in [0.2, 0.25) is 5.91 Å². The number of hydrogen-bond acceptors (Lipinski definition) is 4. The van der Waals surface area contributed by atoms with Crippen molar-refractivity contribution in [3.8, 4) is 5.69 Å². The number of para-hydroxylation sites is 1. The summed E-state index contributed by atoms with van der Waals surface area (Å²) in [5.41, 5.74) is 3.39. The number of carbonyl (C=O) groups is 1. The summed E-state index contributed by atoms with van der Waals surface area (Å²) >= 11 is 0. The Morgan fingerprint density at radius 2 is 1.64 bits per heavy atom. The molecule has 0 bridgehead atoms. The molecule has 36 heavy (non-hydrogen) atoms. The molecule has 1 saturated heterocycles. The van der Waals surface area contributed by atoms with Crippen LogP contribution in [0.1, 0.15) is 44.9 Å². The van der Waals surface area contributed by atoms with Crippen LogP contribution < -0.4 is 21.5 Å². The van der Waals surface area contributed by atoms with Crippen LogP contribution in [-0.4, -0.2) is 28.1 Å². The van der Waals surface area contributed by atoms with E-state index in [0.717, 1.165) is 17.8 Å². The first-order valence-electron chi connectivity index (χ1n) is 12.9. The van der Waals surface area contributed by atoms with E-state index in [-0.39, 0.29) is 29.0 Å². The van der Waals surface area contributed by atoms with E-state index in [4.69, 9.17) is 0 Å². The molecule has 1 aliphatic heterocycles. The SMILES string of the molecule is CCc1ccc(NC(=O)C2CCN(c3c(C)n(-c4ccccc4)c(=O)n(CC(C)C)c3=O)CC2)cc1. The molecule has 0 atom stereocenters. The monoisotopic (exact) mass is 488 g/mol. The maximum absolute atomic E-state index is 13.6. The van der Waals surface area contributed by atoms with E-state index in [0.29, 0.717) is 43.9 Å². The average molecular weight is 489 g/mol. The van der Waals surface area contributed by atoms with Crippen LogP contribution in [0.3, 0.4) is 0 Å². The molecule has 7 heteroatoms. The summed E-state index contributed by atoms with van der Waals surface area (Å²) in [6.45, 7) is 9.45. The maximum atomic E-state index is 13.6. The van der Waals surface area contributed by atoms with Gasteiger partial charge in [-0.1, -0.05) is 51.1 Å². The summed E-state index contributed by atoms with van der Waals surface area (Å²) in [5, 5.41) is 3.04. The van der Waals surface area contributed by atoms with Crippen molar-refractivity contribution >= 4 is 17.3 Å². The van der Waals surface area contributed by atoms with E-state index in [2.05, 4.69) is 12.2 Å². The van der Waals surface area contributed by atoms with Gasteiger partial charge in [-0.05, 0) is 61.9 Å². The highest BCUT2D eigenvalue weighted by Gasteiger charge is 2.29. The largest absolute Gasteiger partial charge is 0.366 e. The van der Waals surface area contributed by atoms with Crippen LogP contribution in [0.4, 0.5) is 11.4 Å². The summed E-state index contributed by atoms with van der Waals surface area (Å²) in [5.74, 6) is 0.0448. The van der Waals surface area contributed by atoms with E-state index in [1.165, 1.54) is 10.1 Å². The lowest BCUT2D eigenvalue weighted by Gasteiger charge is -2.34. The highest BCUT2D eigenvalue weighted by atomic mass is 16.2. The first-order valence-corrected chi connectivity index (χ1v) is 12.9. The molecular weight excluding hydrogens is 452 g/mol. The first kappa shape index (κ1) is 25.5. The number of aryl methyl sites for hydroxylation is 1. The zero-order chi connectivity index (χ0) is 25.8. The number of benzene rings is 2. The fraction of sp³-hybridized carbons (Fsp3) is 0.414. The second-order valence-corrected chi connectivity index (χ2v) is 10.00. The number of amides is 1. The van der Waals surface area contributed by atoms with Gasteiger partial charge in [-0.3, -0.25) is 18.7 Å². The van der Waals surface area contributed by atoms with Gasteiger partial charge in [0.05, 0.1) is 11.4 Å². The molecule has 190 valence electrons. The van der Waals surface area contributed by atoms with Crippen molar-refractivity contribution in [2.75, 3.05) is 23.3 Å². The van der Waals surface area contributed by atoms with Crippen LogP contribution in [0.2, 0.25) is 0 Å². The van der Waals surface area contributed by atoms with Crippen molar-refractivity contribution in [2.24, 2.45) is 11.8 Å². The summed E-state index contributed by atoms with van der Waals surface area (Å²) in [6, 6.07) is 17.4. The van der Waals surface area contributed by atoms with Crippen LogP contribution in [-0.2, 0) is 17.8 Å². The second kappa shape index (κ2) is 11.0. The number of nitrogens with zero attached hydrogens (tertiary/aromatic N) is 3. The number of anilines is 2. The van der Waals surface area contributed by atoms with Crippen molar-refractivity contribution in [2.45, 2.75) is 53.5 Å². The fourth-order valence-electron chi connectivity index (χ4n) is 4.94. The maximum Gasteiger partial charge on any atom is 0.335 e. The Labute approximate surface area is 212 Å². The lowest BCUT2D eigenvalue weighted by molar-refractivity contribution is -0.120. The molecule has 0 aliphatic carbocycles. The van der Waals surface area contributed by atoms with Gasteiger partial charge in [-0.2, -0.15) is 0 Å². The van der Waals surface area contributed by atoms with Gasteiger partial charge in [-0.25, -0.2) is 4.79 Å². The number of piperidine rings is 1. The Bertz CT molecular complexity index is 1320. The molecule has 1 amide bonds. The van der Waals surface area contributed by atoms with E-state index in [1.807, 2.05) is 80.3 Å². The van der Waals surface area contributed by atoms with Crippen molar-refractivity contribution in [3.05, 3.63) is 86.7 Å². The number of hydrogen-bond donors (Lipinski definition) is 1. The van der Waals surface area contributed by atoms with Crippen LogP contribution in [0.25, 0.3) is 5.69 Å². The second-order valence-electron chi connectivity index (χ2n) is 10.00. The minimum atomic E-state index is -0.315. The minimum absolute atomic E-state index is 0.0158. The van der Waals surface area contributed by atoms with Gasteiger partial charge in [0.25, 0.3) is 5.56 Å². The molecule has 2 aromatic carbocycles. The summed E-state index contributed by atoms with van der Waals surface area (Å²) in [6.07, 6.45) is 2.25. The van der Waals surface area contributed by atoms with Gasteiger partial charge in [0.1, 0.15) is 5.69 Å². The normalized spacial score (nSPS) is 14.3. The number of aromatic nitrogens is 2. The predicted octanol–water partition coefficient (Wildman–Crippen LogP) is 4.38. The summed E-state index contributed by atoms with van der Waals surface area (Å²) in [7, 11) is 0. The molecule has 4 rings (SSSR count). The molecule has 3 aromatic rings. The van der Waals surface area contributed by atoms with Crippen molar-refractivity contribution in [1.82, 2.24) is 9.13 Å². The third-order valence-corrected chi connectivity index (χ3v) is 6.92. The van der Waals surface area contributed by atoms with Crippen molar-refractivity contribution in [1.29, 1.82) is 0 Å². The number of rotatable bonds is 7. The van der Waals surface area contributed by atoms with E-state index >= 15 is 0 Å². The lowest BCUT2D eigenvalue weighted by Crippen LogP contribution is -2.47. The Morgan fingerprint density at radius 3 is 2.22 bits per heavy atom. The van der Waals surface area contributed by atoms with Crippen molar-refractivity contribution in [3.63, 3.8) is 0 Å². The van der Waals surface area contributed by atoms with Crippen LogP contribution in [0.5, 0.6) is 0 Å². The highest BCUT2D eigenvalue weighted by molar-refractivity contribution is 5.92.